The van der Waals surface area contributed by atoms with E-state index in [-0.39, 0.29) is 0 Å². The summed E-state index contributed by atoms with van der Waals surface area (Å²) in [5, 5.41) is 0. The summed E-state index contributed by atoms with van der Waals surface area (Å²) >= 11 is 0. The summed E-state index contributed by atoms with van der Waals surface area (Å²) in [6, 6.07) is 0. The van der Waals surface area contributed by atoms with E-state index in [0.717, 1.165) is 19.5 Å². The van der Waals surface area contributed by atoms with E-state index in [1.54, 1.807) is 0 Å². The highest BCUT2D eigenvalue weighted by molar-refractivity contribution is 5.57. The van der Waals surface area contributed by atoms with E-state index < -0.39 is 0 Å². The summed E-state index contributed by atoms with van der Waals surface area (Å²) < 4.78 is 0. The van der Waals surface area contributed by atoms with Gasteiger partial charge < -0.3 is 9.80 Å². The number of nitrogens with zero attached hydrogens (tertiary/aromatic N) is 3. The summed E-state index contributed by atoms with van der Waals surface area (Å²) in [5.74, 6) is 0. The van der Waals surface area contributed by atoms with Crippen molar-refractivity contribution in [3.8, 4) is 0 Å². The fourth-order valence-electron chi connectivity index (χ4n) is 1.20. The van der Waals surface area contributed by atoms with Crippen molar-refractivity contribution in [1.29, 1.82) is 0 Å². The third-order valence-corrected chi connectivity index (χ3v) is 2.14. The highest BCUT2D eigenvalue weighted by atomic mass is 15.2. The molecule has 1 rings (SSSR count). The summed E-state index contributed by atoms with van der Waals surface area (Å²) in [5.41, 5.74) is 0. The summed E-state index contributed by atoms with van der Waals surface area (Å²) in [6.45, 7) is 5.93. The second-order valence-corrected chi connectivity index (χ2v) is 3.88. The molecule has 13 heavy (non-hydrogen) atoms. The molecule has 3 nitrogen and oxygen atoms in total. The predicted molar refractivity (Wildman–Crippen MR) is 57.6 cm³/mol. The van der Waals surface area contributed by atoms with E-state index in [2.05, 4.69) is 35.1 Å². The smallest absolute Gasteiger partial charge is 0.0397 e. The Balaban J connectivity index is 1.80. The van der Waals surface area contributed by atoms with Crippen molar-refractivity contribution in [2.75, 3.05) is 46.8 Å². The van der Waals surface area contributed by atoms with Crippen LogP contribution in [0.15, 0.2) is 4.99 Å². The fraction of sp³-hybridized carbons (Fsp3) is 0.900. The molecule has 0 aromatic rings. The van der Waals surface area contributed by atoms with Gasteiger partial charge in [0.2, 0.25) is 0 Å². The van der Waals surface area contributed by atoms with Crippen LogP contribution in [-0.4, -0.2) is 62.8 Å². The Morgan fingerprint density at radius 2 is 2.15 bits per heavy atom. The predicted octanol–water partition coefficient (Wildman–Crippen LogP) is 0.715. The zero-order valence-electron chi connectivity index (χ0n) is 8.87. The molecule has 1 aliphatic heterocycles. The third kappa shape index (κ3) is 6.72. The minimum atomic E-state index is 0.984. The molecule has 3 heteroatoms. The normalized spacial score (nSPS) is 17.5. The maximum atomic E-state index is 4.36. The molecule has 76 valence electrons. The molecule has 1 saturated heterocycles. The SMILES string of the molecule is CN(C)CCCN=CCCN1CC1. The van der Waals surface area contributed by atoms with Gasteiger partial charge >= 0.3 is 0 Å². The lowest BCUT2D eigenvalue weighted by Gasteiger charge is -2.06. The molecule has 0 bridgehead atoms. The van der Waals surface area contributed by atoms with Crippen LogP contribution in [0.3, 0.4) is 0 Å². The molecule has 0 N–H and O–H groups in total. The van der Waals surface area contributed by atoms with Crippen molar-refractivity contribution in [1.82, 2.24) is 9.80 Å². The Hall–Kier alpha value is -0.410. The molecule has 0 amide bonds. The second-order valence-electron chi connectivity index (χ2n) is 3.88. The van der Waals surface area contributed by atoms with Gasteiger partial charge in [0, 0.05) is 26.2 Å². The monoisotopic (exact) mass is 183 g/mol. The van der Waals surface area contributed by atoms with Gasteiger partial charge in [-0.2, -0.15) is 0 Å². The molecule has 0 saturated carbocycles. The Bertz CT molecular complexity index is 150. The van der Waals surface area contributed by atoms with E-state index in [9.17, 15) is 0 Å². The van der Waals surface area contributed by atoms with Crippen LogP contribution in [0.1, 0.15) is 12.8 Å². The minimum absolute atomic E-state index is 0.984. The van der Waals surface area contributed by atoms with Gasteiger partial charge in [-0.15, -0.1) is 0 Å². The first kappa shape index (κ1) is 10.7. The lowest BCUT2D eigenvalue weighted by molar-refractivity contribution is 0.403. The van der Waals surface area contributed by atoms with Gasteiger partial charge in [0.1, 0.15) is 0 Å². The molecule has 0 aliphatic carbocycles. The number of rotatable bonds is 7. The van der Waals surface area contributed by atoms with E-state index in [1.807, 2.05) is 0 Å². The number of hydrogen-bond acceptors (Lipinski definition) is 3. The molecule has 1 heterocycles. The fourth-order valence-corrected chi connectivity index (χ4v) is 1.20. The van der Waals surface area contributed by atoms with Gasteiger partial charge in [0.15, 0.2) is 0 Å². The lowest BCUT2D eigenvalue weighted by atomic mass is 10.4. The Labute approximate surface area is 81.4 Å². The van der Waals surface area contributed by atoms with Crippen molar-refractivity contribution in [2.45, 2.75) is 12.8 Å². The van der Waals surface area contributed by atoms with Crippen molar-refractivity contribution in [3.05, 3.63) is 0 Å². The number of aliphatic imine (C=N–C) groups is 1. The molecule has 1 aliphatic rings. The van der Waals surface area contributed by atoms with Crippen molar-refractivity contribution in [3.63, 3.8) is 0 Å². The molecule has 0 spiro atoms. The van der Waals surface area contributed by atoms with E-state index in [4.69, 9.17) is 0 Å². The Kier molecular flexibility index (Phi) is 5.01. The van der Waals surface area contributed by atoms with Crippen LogP contribution in [0.4, 0.5) is 0 Å². The van der Waals surface area contributed by atoms with Gasteiger partial charge in [-0.25, -0.2) is 0 Å². The average molecular weight is 183 g/mol. The van der Waals surface area contributed by atoms with Crippen LogP contribution in [0.5, 0.6) is 0 Å². The summed E-state index contributed by atoms with van der Waals surface area (Å²) in [4.78, 5) is 8.99. The Morgan fingerprint density at radius 1 is 1.38 bits per heavy atom. The van der Waals surface area contributed by atoms with Gasteiger partial charge in [-0.05, 0) is 39.7 Å². The van der Waals surface area contributed by atoms with Crippen molar-refractivity contribution in [2.24, 2.45) is 4.99 Å². The zero-order valence-corrected chi connectivity index (χ0v) is 8.87. The molecular formula is C10H21N3. The van der Waals surface area contributed by atoms with Gasteiger partial charge in [0.05, 0.1) is 0 Å². The highest BCUT2D eigenvalue weighted by Crippen LogP contribution is 2.02. The largest absolute Gasteiger partial charge is 0.309 e. The first-order valence-corrected chi connectivity index (χ1v) is 5.14. The van der Waals surface area contributed by atoms with E-state index >= 15 is 0 Å². The van der Waals surface area contributed by atoms with E-state index in [1.165, 1.54) is 26.1 Å². The van der Waals surface area contributed by atoms with Crippen LogP contribution >= 0.6 is 0 Å². The molecule has 0 radical (unpaired) electrons. The molecule has 0 unspecified atom stereocenters. The van der Waals surface area contributed by atoms with Crippen LogP contribution in [0.2, 0.25) is 0 Å². The third-order valence-electron chi connectivity index (χ3n) is 2.14. The van der Waals surface area contributed by atoms with Crippen molar-refractivity contribution < 1.29 is 0 Å². The van der Waals surface area contributed by atoms with E-state index in [0.29, 0.717) is 0 Å². The van der Waals surface area contributed by atoms with Crippen LogP contribution in [0, 0.1) is 0 Å². The van der Waals surface area contributed by atoms with Crippen LogP contribution < -0.4 is 0 Å². The van der Waals surface area contributed by atoms with Crippen LogP contribution in [-0.2, 0) is 0 Å². The minimum Gasteiger partial charge on any atom is -0.309 e. The van der Waals surface area contributed by atoms with Gasteiger partial charge in [-0.1, -0.05) is 0 Å². The summed E-state index contributed by atoms with van der Waals surface area (Å²) in [7, 11) is 4.20. The first-order chi connectivity index (χ1) is 6.29. The standard InChI is InChI=1S/C10H21N3/c1-12(2)7-3-5-11-6-4-8-13-9-10-13/h6H,3-5,7-10H2,1-2H3. The molecule has 1 fully saturated rings. The highest BCUT2D eigenvalue weighted by Gasteiger charge is 2.14. The molecule has 0 atom stereocenters. The summed E-state index contributed by atoms with van der Waals surface area (Å²) in [6.07, 6.45) is 4.38. The lowest BCUT2D eigenvalue weighted by Crippen LogP contribution is -2.13. The quantitative estimate of drug-likeness (QED) is 0.329. The molecule has 0 aromatic heterocycles. The van der Waals surface area contributed by atoms with Crippen molar-refractivity contribution >= 4 is 6.21 Å². The zero-order chi connectivity index (χ0) is 9.52. The van der Waals surface area contributed by atoms with Gasteiger partial charge in [0.25, 0.3) is 0 Å². The molecular weight excluding hydrogens is 162 g/mol. The maximum absolute atomic E-state index is 4.36. The van der Waals surface area contributed by atoms with Gasteiger partial charge in [-0.3, -0.25) is 4.99 Å². The number of hydrogen-bond donors (Lipinski definition) is 0. The first-order valence-electron chi connectivity index (χ1n) is 5.14. The maximum Gasteiger partial charge on any atom is 0.0397 e. The Morgan fingerprint density at radius 3 is 2.77 bits per heavy atom. The topological polar surface area (TPSA) is 18.6 Å². The second kappa shape index (κ2) is 6.11. The molecule has 0 aromatic carbocycles. The average Bonchev–Trinajstić information content (AvgIpc) is 2.86. The van der Waals surface area contributed by atoms with Crippen LogP contribution in [0.25, 0.3) is 0 Å².